The van der Waals surface area contributed by atoms with Crippen molar-refractivity contribution in [1.29, 1.82) is 5.26 Å². The first-order chi connectivity index (χ1) is 7.98. The van der Waals surface area contributed by atoms with Crippen LogP contribution < -0.4 is 5.32 Å². The van der Waals surface area contributed by atoms with Crippen molar-refractivity contribution in [2.75, 3.05) is 11.9 Å². The van der Waals surface area contributed by atoms with Crippen LogP contribution in [0.5, 0.6) is 0 Å². The van der Waals surface area contributed by atoms with Gasteiger partial charge < -0.3 is 10.4 Å². The molecule has 1 atom stereocenters. The van der Waals surface area contributed by atoms with Gasteiger partial charge in [0.1, 0.15) is 11.9 Å². The van der Waals surface area contributed by atoms with E-state index in [2.05, 4.69) is 5.32 Å². The van der Waals surface area contributed by atoms with E-state index in [9.17, 15) is 9.50 Å². The van der Waals surface area contributed by atoms with Crippen molar-refractivity contribution in [1.82, 2.24) is 0 Å². The molecule has 2 N–H and O–H groups in total. The van der Waals surface area contributed by atoms with Crippen LogP contribution in [0.25, 0.3) is 0 Å². The zero-order chi connectivity index (χ0) is 12.9. The summed E-state index contributed by atoms with van der Waals surface area (Å²) in [6, 6.07) is 5.90. The third kappa shape index (κ3) is 4.04. The van der Waals surface area contributed by atoms with Gasteiger partial charge >= 0.3 is 0 Å². The Labute approximate surface area is 101 Å². The quantitative estimate of drug-likeness (QED) is 0.826. The van der Waals surface area contributed by atoms with Gasteiger partial charge in [-0.25, -0.2) is 4.39 Å². The fourth-order valence-corrected chi connectivity index (χ4v) is 1.68. The van der Waals surface area contributed by atoms with E-state index in [4.69, 9.17) is 5.26 Å². The number of anilines is 1. The molecule has 0 saturated heterocycles. The molecule has 0 bridgehead atoms. The molecule has 1 aromatic rings. The van der Waals surface area contributed by atoms with E-state index in [0.717, 1.165) is 6.42 Å². The van der Waals surface area contributed by atoms with Crippen LogP contribution in [0.2, 0.25) is 0 Å². The van der Waals surface area contributed by atoms with E-state index >= 15 is 0 Å². The van der Waals surface area contributed by atoms with E-state index < -0.39 is 11.4 Å². The number of nitrogens with one attached hydrogen (secondary N) is 1. The molecular weight excluding hydrogens is 219 g/mol. The van der Waals surface area contributed by atoms with Crippen molar-refractivity contribution in [3.8, 4) is 6.07 Å². The summed E-state index contributed by atoms with van der Waals surface area (Å²) in [5.41, 5.74) is -0.0295. The van der Waals surface area contributed by atoms with Crippen LogP contribution >= 0.6 is 0 Å². The molecular formula is C13H17FN2O. The summed E-state index contributed by atoms with van der Waals surface area (Å²) in [6.45, 7) is 4.06. The lowest BCUT2D eigenvalue weighted by Crippen LogP contribution is -2.33. The van der Waals surface area contributed by atoms with Crippen molar-refractivity contribution >= 4 is 5.69 Å². The fourth-order valence-electron chi connectivity index (χ4n) is 1.68. The highest BCUT2D eigenvalue weighted by atomic mass is 19.1. The van der Waals surface area contributed by atoms with Gasteiger partial charge in [-0.05, 0) is 31.5 Å². The van der Waals surface area contributed by atoms with Crippen molar-refractivity contribution in [3.05, 3.63) is 29.6 Å². The topological polar surface area (TPSA) is 56.0 Å². The van der Waals surface area contributed by atoms with Gasteiger partial charge in [-0.15, -0.1) is 0 Å². The summed E-state index contributed by atoms with van der Waals surface area (Å²) < 4.78 is 12.9. The number of nitriles is 1. The maximum absolute atomic E-state index is 12.9. The van der Waals surface area contributed by atoms with E-state index in [-0.39, 0.29) is 5.56 Å². The van der Waals surface area contributed by atoms with Gasteiger partial charge in [-0.3, -0.25) is 0 Å². The zero-order valence-electron chi connectivity index (χ0n) is 10.1. The van der Waals surface area contributed by atoms with Crippen LogP contribution in [0.4, 0.5) is 10.1 Å². The van der Waals surface area contributed by atoms with Gasteiger partial charge in [0.2, 0.25) is 0 Å². The number of benzene rings is 1. The molecule has 17 heavy (non-hydrogen) atoms. The minimum Gasteiger partial charge on any atom is -0.388 e. The summed E-state index contributed by atoms with van der Waals surface area (Å²) in [6.07, 6.45) is 1.55. The first-order valence-electron chi connectivity index (χ1n) is 5.64. The summed E-state index contributed by atoms with van der Waals surface area (Å²) >= 11 is 0. The molecule has 0 saturated carbocycles. The Bertz CT molecular complexity index is 424. The number of hydrogen-bond donors (Lipinski definition) is 2. The first kappa shape index (κ1) is 13.5. The zero-order valence-corrected chi connectivity index (χ0v) is 10.1. The SMILES string of the molecule is CCCC(C)(O)CNc1ccc(F)cc1C#N. The van der Waals surface area contributed by atoms with Gasteiger partial charge in [0, 0.05) is 6.54 Å². The molecule has 92 valence electrons. The van der Waals surface area contributed by atoms with E-state index in [1.165, 1.54) is 18.2 Å². The van der Waals surface area contributed by atoms with Crippen LogP contribution in [0.1, 0.15) is 32.3 Å². The molecule has 1 rings (SSSR count). The van der Waals surface area contributed by atoms with Crippen molar-refractivity contribution in [2.24, 2.45) is 0 Å². The molecule has 0 spiro atoms. The molecule has 0 amide bonds. The van der Waals surface area contributed by atoms with Crippen LogP contribution in [-0.2, 0) is 0 Å². The lowest BCUT2D eigenvalue weighted by atomic mass is 10.0. The second-order valence-corrected chi connectivity index (χ2v) is 4.40. The highest BCUT2D eigenvalue weighted by Crippen LogP contribution is 2.18. The minimum atomic E-state index is -0.824. The van der Waals surface area contributed by atoms with Crippen LogP contribution in [0.3, 0.4) is 0 Å². The van der Waals surface area contributed by atoms with Crippen molar-refractivity contribution in [2.45, 2.75) is 32.3 Å². The average Bonchev–Trinajstić information content (AvgIpc) is 2.27. The number of hydrogen-bond acceptors (Lipinski definition) is 3. The molecule has 0 fully saturated rings. The van der Waals surface area contributed by atoms with Gasteiger partial charge in [0.05, 0.1) is 16.9 Å². The van der Waals surface area contributed by atoms with Crippen LogP contribution in [-0.4, -0.2) is 17.3 Å². The van der Waals surface area contributed by atoms with E-state index in [1.54, 1.807) is 6.92 Å². The molecule has 0 aromatic heterocycles. The molecule has 0 heterocycles. The molecule has 0 radical (unpaired) electrons. The Balaban J connectivity index is 2.73. The highest BCUT2D eigenvalue weighted by molar-refractivity contribution is 5.57. The number of nitrogens with zero attached hydrogens (tertiary/aromatic N) is 1. The van der Waals surface area contributed by atoms with Gasteiger partial charge in [0.25, 0.3) is 0 Å². The Kier molecular flexibility index (Phi) is 4.47. The summed E-state index contributed by atoms with van der Waals surface area (Å²) in [5.74, 6) is -0.438. The van der Waals surface area contributed by atoms with Crippen molar-refractivity contribution < 1.29 is 9.50 Å². The molecule has 0 aliphatic heterocycles. The maximum atomic E-state index is 12.9. The third-order valence-corrected chi connectivity index (χ3v) is 2.55. The molecule has 1 unspecified atom stereocenters. The number of aliphatic hydroxyl groups is 1. The smallest absolute Gasteiger partial charge is 0.124 e. The number of rotatable bonds is 5. The second kappa shape index (κ2) is 5.65. The van der Waals surface area contributed by atoms with Gasteiger partial charge in [-0.1, -0.05) is 13.3 Å². The first-order valence-corrected chi connectivity index (χ1v) is 5.64. The normalized spacial score (nSPS) is 13.8. The number of halogens is 1. The predicted molar refractivity (Wildman–Crippen MR) is 65.1 cm³/mol. The standard InChI is InChI=1S/C13H17FN2O/c1-3-6-13(2,17)9-16-12-5-4-11(14)7-10(12)8-15/h4-5,7,16-17H,3,6,9H2,1-2H3. The highest BCUT2D eigenvalue weighted by Gasteiger charge is 2.19. The van der Waals surface area contributed by atoms with Crippen LogP contribution in [0, 0.1) is 17.1 Å². The Hall–Kier alpha value is -1.60. The molecule has 0 aliphatic rings. The van der Waals surface area contributed by atoms with Gasteiger partial charge in [-0.2, -0.15) is 5.26 Å². The summed E-state index contributed by atoms with van der Waals surface area (Å²) in [7, 11) is 0. The minimum absolute atomic E-state index is 0.247. The van der Waals surface area contributed by atoms with Crippen molar-refractivity contribution in [3.63, 3.8) is 0 Å². The lowest BCUT2D eigenvalue weighted by Gasteiger charge is -2.23. The fraction of sp³-hybridized carbons (Fsp3) is 0.462. The third-order valence-electron chi connectivity index (χ3n) is 2.55. The summed E-state index contributed by atoms with van der Waals surface area (Å²) in [4.78, 5) is 0. The monoisotopic (exact) mass is 236 g/mol. The molecule has 4 heteroatoms. The Morgan fingerprint density at radius 3 is 2.82 bits per heavy atom. The molecule has 0 aliphatic carbocycles. The Morgan fingerprint density at radius 1 is 1.53 bits per heavy atom. The largest absolute Gasteiger partial charge is 0.388 e. The second-order valence-electron chi connectivity index (χ2n) is 4.40. The summed E-state index contributed by atoms with van der Waals surface area (Å²) in [5, 5.41) is 21.8. The van der Waals surface area contributed by atoms with E-state index in [0.29, 0.717) is 18.7 Å². The van der Waals surface area contributed by atoms with Crippen LogP contribution in [0.15, 0.2) is 18.2 Å². The predicted octanol–water partition coefficient (Wildman–Crippen LogP) is 2.66. The molecule has 1 aromatic carbocycles. The van der Waals surface area contributed by atoms with E-state index in [1.807, 2.05) is 13.0 Å². The Morgan fingerprint density at radius 2 is 2.24 bits per heavy atom. The average molecular weight is 236 g/mol. The maximum Gasteiger partial charge on any atom is 0.124 e. The van der Waals surface area contributed by atoms with Gasteiger partial charge in [0.15, 0.2) is 0 Å². The lowest BCUT2D eigenvalue weighted by molar-refractivity contribution is 0.0637. The molecule has 3 nitrogen and oxygen atoms in total.